The van der Waals surface area contributed by atoms with E-state index in [-0.39, 0.29) is 0 Å². The first kappa shape index (κ1) is 16.6. The minimum absolute atomic E-state index is 0.910. The van der Waals surface area contributed by atoms with Gasteiger partial charge in [0.2, 0.25) is 8.32 Å². The normalized spacial score (nSPS) is 11.2. The molecule has 0 bridgehead atoms. The maximum Gasteiger partial charge on any atom is 0.205 e. The molecule has 2 aromatic rings. The van der Waals surface area contributed by atoms with Crippen LogP contribution in [0.5, 0.6) is 0 Å². The molecule has 1 N–H and O–H groups in total. The van der Waals surface area contributed by atoms with E-state index in [1.165, 1.54) is 11.4 Å². The van der Waals surface area contributed by atoms with E-state index in [4.69, 9.17) is 4.43 Å². The Morgan fingerprint density at radius 3 is 2.14 bits per heavy atom. The molecule has 0 spiro atoms. The molecule has 0 radical (unpaired) electrons. The summed E-state index contributed by atoms with van der Waals surface area (Å²) in [5, 5.41) is 3.48. The number of anilines is 2. The van der Waals surface area contributed by atoms with Crippen LogP contribution in [0.1, 0.15) is 0 Å². The number of rotatable bonds is 8. The highest BCUT2D eigenvalue weighted by molar-refractivity contribution is 6.71. The van der Waals surface area contributed by atoms with E-state index in [9.17, 15) is 0 Å². The largest absolute Gasteiger partial charge is 0.419 e. The SMILES string of the molecule is CO[Si](C)(C)CN(CCNc1ccccc1)c1ccccc1. The maximum absolute atomic E-state index is 5.73. The quantitative estimate of drug-likeness (QED) is 0.746. The predicted molar refractivity (Wildman–Crippen MR) is 98.1 cm³/mol. The Bertz CT molecular complexity index is 546. The van der Waals surface area contributed by atoms with Gasteiger partial charge in [-0.1, -0.05) is 36.4 Å². The number of hydrogen-bond donors (Lipinski definition) is 1. The summed E-state index contributed by atoms with van der Waals surface area (Å²) < 4.78 is 5.73. The van der Waals surface area contributed by atoms with Crippen molar-refractivity contribution < 1.29 is 4.43 Å². The number of nitrogens with one attached hydrogen (secondary N) is 1. The molecule has 2 aromatic carbocycles. The Balaban J connectivity index is 1.99. The monoisotopic (exact) mass is 314 g/mol. The number of hydrogen-bond acceptors (Lipinski definition) is 3. The Labute approximate surface area is 135 Å². The van der Waals surface area contributed by atoms with Crippen LogP contribution in [-0.2, 0) is 4.43 Å². The third kappa shape index (κ3) is 5.20. The smallest absolute Gasteiger partial charge is 0.205 e. The van der Waals surface area contributed by atoms with E-state index in [2.05, 4.69) is 77.9 Å². The predicted octanol–water partition coefficient (Wildman–Crippen LogP) is 4.00. The van der Waals surface area contributed by atoms with Gasteiger partial charge in [-0.3, -0.25) is 0 Å². The Morgan fingerprint density at radius 2 is 1.55 bits per heavy atom. The molecule has 0 unspecified atom stereocenters. The second-order valence-electron chi connectivity index (χ2n) is 6.01. The van der Waals surface area contributed by atoms with Crippen LogP contribution in [0.3, 0.4) is 0 Å². The van der Waals surface area contributed by atoms with Crippen molar-refractivity contribution in [3.05, 3.63) is 60.7 Å². The van der Waals surface area contributed by atoms with Crippen molar-refractivity contribution in [2.24, 2.45) is 0 Å². The molecule has 2 rings (SSSR count). The molecule has 4 heteroatoms. The summed E-state index contributed by atoms with van der Waals surface area (Å²) in [5.41, 5.74) is 2.42. The highest BCUT2D eigenvalue weighted by Crippen LogP contribution is 2.16. The van der Waals surface area contributed by atoms with Crippen molar-refractivity contribution in [3.8, 4) is 0 Å². The van der Waals surface area contributed by atoms with Gasteiger partial charge in [-0.25, -0.2) is 0 Å². The van der Waals surface area contributed by atoms with Gasteiger partial charge in [0.1, 0.15) is 0 Å². The third-order valence-electron chi connectivity index (χ3n) is 3.73. The van der Waals surface area contributed by atoms with Gasteiger partial charge in [-0.15, -0.1) is 0 Å². The van der Waals surface area contributed by atoms with Crippen LogP contribution in [0.4, 0.5) is 11.4 Å². The first-order chi connectivity index (χ1) is 10.6. The summed E-state index contributed by atoms with van der Waals surface area (Å²) in [7, 11) is 0.177. The van der Waals surface area contributed by atoms with E-state index < -0.39 is 8.32 Å². The number of benzene rings is 2. The van der Waals surface area contributed by atoms with Gasteiger partial charge in [-0.2, -0.15) is 0 Å². The van der Waals surface area contributed by atoms with Crippen LogP contribution in [0.25, 0.3) is 0 Å². The lowest BCUT2D eigenvalue weighted by Crippen LogP contribution is -2.46. The summed E-state index contributed by atoms with van der Waals surface area (Å²) in [5.74, 6) is 0. The van der Waals surface area contributed by atoms with E-state index in [0.29, 0.717) is 0 Å². The van der Waals surface area contributed by atoms with Crippen molar-refractivity contribution in [2.75, 3.05) is 36.6 Å². The second-order valence-corrected chi connectivity index (χ2v) is 10.3. The minimum atomic E-state index is -1.65. The molecule has 0 heterocycles. The summed E-state index contributed by atoms with van der Waals surface area (Å²) in [6.07, 6.45) is 0.990. The zero-order chi connectivity index (χ0) is 15.8. The van der Waals surface area contributed by atoms with Crippen LogP contribution in [0.2, 0.25) is 13.1 Å². The van der Waals surface area contributed by atoms with E-state index >= 15 is 0 Å². The van der Waals surface area contributed by atoms with Crippen molar-refractivity contribution in [3.63, 3.8) is 0 Å². The Morgan fingerprint density at radius 1 is 0.955 bits per heavy atom. The molecule has 0 aromatic heterocycles. The van der Waals surface area contributed by atoms with E-state index in [1.54, 1.807) is 0 Å². The standard InChI is InChI=1S/C18H26N2OSi/c1-21-22(2,3)16-20(18-12-8-5-9-13-18)15-14-19-17-10-6-4-7-11-17/h4-13,19H,14-16H2,1-3H3. The molecule has 0 aliphatic carbocycles. The molecule has 0 atom stereocenters. The van der Waals surface area contributed by atoms with E-state index in [1.807, 2.05) is 13.2 Å². The first-order valence-electron chi connectivity index (χ1n) is 7.75. The molecule has 0 saturated carbocycles. The molecular formula is C18H26N2OSi. The van der Waals surface area contributed by atoms with Crippen LogP contribution in [0.15, 0.2) is 60.7 Å². The fourth-order valence-corrected chi connectivity index (χ4v) is 3.74. The fourth-order valence-electron chi connectivity index (χ4n) is 2.35. The highest BCUT2D eigenvalue weighted by atomic mass is 28.4. The third-order valence-corrected chi connectivity index (χ3v) is 5.98. The summed E-state index contributed by atoms with van der Waals surface area (Å²) in [6.45, 7) is 6.38. The summed E-state index contributed by atoms with van der Waals surface area (Å²) >= 11 is 0. The zero-order valence-corrected chi connectivity index (χ0v) is 14.8. The van der Waals surface area contributed by atoms with Gasteiger partial charge in [-0.05, 0) is 37.4 Å². The molecule has 0 aliphatic heterocycles. The molecule has 118 valence electrons. The molecule has 3 nitrogen and oxygen atoms in total. The van der Waals surface area contributed by atoms with Gasteiger partial charge in [0, 0.05) is 37.7 Å². The molecule has 0 aliphatic rings. The molecule has 0 saturated heterocycles. The average molecular weight is 315 g/mol. The van der Waals surface area contributed by atoms with Gasteiger partial charge >= 0.3 is 0 Å². The minimum Gasteiger partial charge on any atom is -0.419 e. The van der Waals surface area contributed by atoms with Crippen molar-refractivity contribution in [1.29, 1.82) is 0 Å². The van der Waals surface area contributed by atoms with Gasteiger partial charge < -0.3 is 14.6 Å². The van der Waals surface area contributed by atoms with E-state index in [0.717, 1.165) is 19.3 Å². The molecular weight excluding hydrogens is 288 g/mol. The van der Waals surface area contributed by atoms with Crippen molar-refractivity contribution >= 4 is 19.7 Å². The zero-order valence-electron chi connectivity index (χ0n) is 13.8. The van der Waals surface area contributed by atoms with Crippen LogP contribution >= 0.6 is 0 Å². The van der Waals surface area contributed by atoms with Gasteiger partial charge in [0.15, 0.2) is 0 Å². The van der Waals surface area contributed by atoms with Crippen LogP contribution in [0, 0.1) is 0 Å². The summed E-state index contributed by atoms with van der Waals surface area (Å²) in [4.78, 5) is 2.42. The van der Waals surface area contributed by atoms with Gasteiger partial charge in [0.25, 0.3) is 0 Å². The second kappa shape index (κ2) is 8.01. The topological polar surface area (TPSA) is 24.5 Å². The Hall–Kier alpha value is -1.78. The highest BCUT2D eigenvalue weighted by Gasteiger charge is 2.24. The van der Waals surface area contributed by atoms with Crippen molar-refractivity contribution in [2.45, 2.75) is 13.1 Å². The Kier molecular flexibility index (Phi) is 6.04. The lowest BCUT2D eigenvalue weighted by atomic mass is 10.3. The summed E-state index contributed by atoms with van der Waals surface area (Å²) in [6, 6.07) is 20.9. The maximum atomic E-state index is 5.73. The first-order valence-corrected chi connectivity index (χ1v) is 10.9. The average Bonchev–Trinajstić information content (AvgIpc) is 2.56. The molecule has 0 amide bonds. The van der Waals surface area contributed by atoms with Crippen LogP contribution in [-0.4, -0.2) is 34.7 Å². The number of para-hydroxylation sites is 2. The molecule has 22 heavy (non-hydrogen) atoms. The van der Waals surface area contributed by atoms with Crippen LogP contribution < -0.4 is 10.2 Å². The number of nitrogens with zero attached hydrogens (tertiary/aromatic N) is 1. The fraction of sp³-hybridized carbons (Fsp3) is 0.333. The lowest BCUT2D eigenvalue weighted by molar-refractivity contribution is 0.403. The van der Waals surface area contributed by atoms with Crippen molar-refractivity contribution in [1.82, 2.24) is 0 Å². The lowest BCUT2D eigenvalue weighted by Gasteiger charge is -2.32. The molecule has 0 fully saturated rings. The van der Waals surface area contributed by atoms with Gasteiger partial charge in [0.05, 0.1) is 0 Å².